The second-order valence-electron chi connectivity index (χ2n) is 3.96. The van der Waals surface area contributed by atoms with Crippen LogP contribution < -0.4 is 0 Å². The second kappa shape index (κ2) is 6.77. The van der Waals surface area contributed by atoms with Crippen molar-refractivity contribution < 1.29 is 9.53 Å². The van der Waals surface area contributed by atoms with Crippen LogP contribution >= 0.6 is 0 Å². The molecule has 6 heteroatoms. The van der Waals surface area contributed by atoms with Crippen LogP contribution in [0.2, 0.25) is 0 Å². The third-order valence-corrected chi connectivity index (χ3v) is 2.81. The van der Waals surface area contributed by atoms with Crippen molar-refractivity contribution >= 4 is 5.91 Å². The minimum atomic E-state index is -0.104. The van der Waals surface area contributed by atoms with Crippen LogP contribution in [0.1, 0.15) is 22.5 Å². The minimum Gasteiger partial charge on any atom is -0.383 e. The monoisotopic (exact) mass is 250 g/mol. The lowest BCUT2D eigenvalue weighted by Crippen LogP contribution is -2.35. The maximum Gasteiger partial charge on any atom is 0.257 e. The molecule has 0 N–H and O–H groups in total. The smallest absolute Gasteiger partial charge is 0.257 e. The summed E-state index contributed by atoms with van der Waals surface area (Å²) in [5, 5.41) is 12.7. The van der Waals surface area contributed by atoms with Gasteiger partial charge in [0, 0.05) is 32.9 Å². The van der Waals surface area contributed by atoms with E-state index in [-0.39, 0.29) is 5.91 Å². The number of hydrogen-bond acceptors (Lipinski definition) is 4. The fourth-order valence-corrected chi connectivity index (χ4v) is 1.58. The summed E-state index contributed by atoms with van der Waals surface area (Å²) < 4.78 is 6.63. The Morgan fingerprint density at radius 3 is 2.83 bits per heavy atom. The van der Waals surface area contributed by atoms with Crippen molar-refractivity contribution in [2.75, 3.05) is 26.8 Å². The molecule has 0 radical (unpaired) electrons. The normalized spacial score (nSPS) is 10.1. The molecule has 1 rings (SSSR count). The quantitative estimate of drug-likeness (QED) is 0.746. The number of nitriles is 1. The molecule has 1 aromatic rings. The SMILES string of the molecule is COCCN(CCC#N)C(=O)c1cnn(C)c1C. The van der Waals surface area contributed by atoms with Crippen molar-refractivity contribution in [3.63, 3.8) is 0 Å². The van der Waals surface area contributed by atoms with Gasteiger partial charge in [0.2, 0.25) is 0 Å². The van der Waals surface area contributed by atoms with Gasteiger partial charge in [0.15, 0.2) is 0 Å². The molecule has 0 spiro atoms. The van der Waals surface area contributed by atoms with Crippen molar-refractivity contribution in [1.29, 1.82) is 5.26 Å². The predicted octanol–water partition coefficient (Wildman–Crippen LogP) is 0.731. The van der Waals surface area contributed by atoms with Crippen LogP contribution in [0.3, 0.4) is 0 Å². The van der Waals surface area contributed by atoms with E-state index in [1.54, 1.807) is 29.9 Å². The fraction of sp³-hybridized carbons (Fsp3) is 0.583. The molecule has 0 unspecified atom stereocenters. The maximum absolute atomic E-state index is 12.3. The van der Waals surface area contributed by atoms with Crippen molar-refractivity contribution in [3.8, 4) is 6.07 Å². The Bertz CT molecular complexity index is 447. The van der Waals surface area contributed by atoms with Crippen LogP contribution in [0, 0.1) is 18.3 Å². The van der Waals surface area contributed by atoms with Crippen LogP contribution in [0.4, 0.5) is 0 Å². The Hall–Kier alpha value is -1.87. The number of nitrogens with zero attached hydrogens (tertiary/aromatic N) is 4. The fourth-order valence-electron chi connectivity index (χ4n) is 1.58. The summed E-state index contributed by atoms with van der Waals surface area (Å²) in [6.45, 7) is 3.19. The number of rotatable bonds is 6. The van der Waals surface area contributed by atoms with E-state index in [0.717, 1.165) is 5.69 Å². The Balaban J connectivity index is 2.81. The molecular formula is C12H18N4O2. The first kappa shape index (κ1) is 14.2. The highest BCUT2D eigenvalue weighted by atomic mass is 16.5. The first-order valence-electron chi connectivity index (χ1n) is 5.75. The molecule has 0 saturated carbocycles. The Kier molecular flexibility index (Phi) is 5.33. The Morgan fingerprint density at radius 1 is 1.61 bits per heavy atom. The summed E-state index contributed by atoms with van der Waals surface area (Å²) in [7, 11) is 3.38. The van der Waals surface area contributed by atoms with E-state index >= 15 is 0 Å². The average molecular weight is 250 g/mol. The molecule has 0 saturated heterocycles. The lowest BCUT2D eigenvalue weighted by Gasteiger charge is -2.20. The zero-order chi connectivity index (χ0) is 13.5. The molecule has 1 aromatic heterocycles. The van der Waals surface area contributed by atoms with Crippen molar-refractivity contribution in [1.82, 2.24) is 14.7 Å². The molecule has 0 aliphatic carbocycles. The lowest BCUT2D eigenvalue weighted by atomic mass is 10.2. The van der Waals surface area contributed by atoms with Gasteiger partial charge in [-0.25, -0.2) is 0 Å². The lowest BCUT2D eigenvalue weighted by molar-refractivity contribution is 0.0699. The van der Waals surface area contributed by atoms with Gasteiger partial charge in [0.1, 0.15) is 0 Å². The number of amides is 1. The minimum absolute atomic E-state index is 0.104. The standard InChI is InChI=1S/C12H18N4O2/c1-10-11(9-14-15(10)2)12(17)16(6-4-5-13)7-8-18-3/h9H,4,6-8H2,1-3H3. The number of aryl methyl sites for hydroxylation is 1. The van der Waals surface area contributed by atoms with Crippen LogP contribution in [-0.2, 0) is 11.8 Å². The van der Waals surface area contributed by atoms with Gasteiger partial charge in [-0.3, -0.25) is 9.48 Å². The van der Waals surface area contributed by atoms with E-state index in [0.29, 0.717) is 31.7 Å². The van der Waals surface area contributed by atoms with Crippen molar-refractivity contribution in [3.05, 3.63) is 17.5 Å². The summed E-state index contributed by atoms with van der Waals surface area (Å²) in [5.74, 6) is -0.104. The molecule has 18 heavy (non-hydrogen) atoms. The molecule has 0 aromatic carbocycles. The molecule has 0 aliphatic rings. The third kappa shape index (κ3) is 3.31. The molecule has 98 valence electrons. The van der Waals surface area contributed by atoms with Gasteiger partial charge >= 0.3 is 0 Å². The Morgan fingerprint density at radius 2 is 2.33 bits per heavy atom. The van der Waals surface area contributed by atoms with E-state index in [1.165, 1.54) is 0 Å². The first-order valence-corrected chi connectivity index (χ1v) is 5.75. The molecule has 0 fully saturated rings. The molecule has 0 atom stereocenters. The topological polar surface area (TPSA) is 71.2 Å². The number of ether oxygens (including phenoxy) is 1. The number of carbonyl (C=O) groups is 1. The number of carbonyl (C=O) groups excluding carboxylic acids is 1. The largest absolute Gasteiger partial charge is 0.383 e. The highest BCUT2D eigenvalue weighted by Gasteiger charge is 2.19. The summed E-state index contributed by atoms with van der Waals surface area (Å²) >= 11 is 0. The van der Waals surface area contributed by atoms with Gasteiger partial charge in [-0.2, -0.15) is 10.4 Å². The van der Waals surface area contributed by atoms with E-state index in [9.17, 15) is 4.79 Å². The molecular weight excluding hydrogens is 232 g/mol. The maximum atomic E-state index is 12.3. The van der Waals surface area contributed by atoms with Gasteiger partial charge in [-0.1, -0.05) is 0 Å². The summed E-state index contributed by atoms with van der Waals surface area (Å²) in [6.07, 6.45) is 1.87. The second-order valence-corrected chi connectivity index (χ2v) is 3.96. The zero-order valence-electron chi connectivity index (χ0n) is 11.0. The van der Waals surface area contributed by atoms with Gasteiger partial charge < -0.3 is 9.64 Å². The van der Waals surface area contributed by atoms with Gasteiger partial charge in [0.05, 0.1) is 30.9 Å². The molecule has 6 nitrogen and oxygen atoms in total. The summed E-state index contributed by atoms with van der Waals surface area (Å²) in [4.78, 5) is 13.9. The number of aromatic nitrogens is 2. The zero-order valence-corrected chi connectivity index (χ0v) is 11.0. The number of methoxy groups -OCH3 is 1. The van der Waals surface area contributed by atoms with Gasteiger partial charge in [-0.05, 0) is 6.92 Å². The van der Waals surface area contributed by atoms with E-state index < -0.39 is 0 Å². The average Bonchev–Trinajstić information content (AvgIpc) is 2.69. The third-order valence-electron chi connectivity index (χ3n) is 2.81. The Labute approximate surface area is 107 Å². The molecule has 0 bridgehead atoms. The van der Waals surface area contributed by atoms with E-state index in [2.05, 4.69) is 5.10 Å². The molecule has 1 heterocycles. The van der Waals surface area contributed by atoms with E-state index in [4.69, 9.17) is 10.00 Å². The highest BCUT2D eigenvalue weighted by molar-refractivity contribution is 5.95. The van der Waals surface area contributed by atoms with Crippen LogP contribution in [0.25, 0.3) is 0 Å². The first-order chi connectivity index (χ1) is 8.61. The predicted molar refractivity (Wildman–Crippen MR) is 66.0 cm³/mol. The van der Waals surface area contributed by atoms with Crippen LogP contribution in [-0.4, -0.2) is 47.4 Å². The van der Waals surface area contributed by atoms with Crippen LogP contribution in [0.15, 0.2) is 6.20 Å². The molecule has 0 aliphatic heterocycles. The van der Waals surface area contributed by atoms with Gasteiger partial charge in [0.25, 0.3) is 5.91 Å². The number of hydrogen-bond donors (Lipinski definition) is 0. The van der Waals surface area contributed by atoms with Crippen molar-refractivity contribution in [2.24, 2.45) is 7.05 Å². The van der Waals surface area contributed by atoms with Gasteiger partial charge in [-0.15, -0.1) is 0 Å². The van der Waals surface area contributed by atoms with Crippen molar-refractivity contribution in [2.45, 2.75) is 13.3 Å². The molecule has 1 amide bonds. The highest BCUT2D eigenvalue weighted by Crippen LogP contribution is 2.10. The van der Waals surface area contributed by atoms with Crippen LogP contribution in [0.5, 0.6) is 0 Å². The summed E-state index contributed by atoms with van der Waals surface area (Å²) in [6, 6.07) is 2.05. The van der Waals surface area contributed by atoms with E-state index in [1.807, 2.05) is 13.0 Å². The summed E-state index contributed by atoms with van der Waals surface area (Å²) in [5.41, 5.74) is 1.39.